The molecule has 0 radical (unpaired) electrons. The van der Waals surface area contributed by atoms with Crippen LogP contribution in [0.1, 0.15) is 10.4 Å². The molecule has 0 saturated carbocycles. The molecule has 2 rings (SSSR count). The molecular formula is C12H7ClFNO3. The molecule has 0 aliphatic carbocycles. The molecule has 92 valence electrons. The zero-order valence-corrected chi connectivity index (χ0v) is 9.69. The first kappa shape index (κ1) is 12.3. The van der Waals surface area contributed by atoms with Crippen molar-refractivity contribution in [1.82, 2.24) is 4.98 Å². The van der Waals surface area contributed by atoms with Crippen LogP contribution in [0.5, 0.6) is 11.6 Å². The monoisotopic (exact) mass is 267 g/mol. The third kappa shape index (κ3) is 2.75. The Morgan fingerprint density at radius 3 is 2.61 bits per heavy atom. The summed E-state index contributed by atoms with van der Waals surface area (Å²) in [6.07, 6.45) is 0.887. The lowest BCUT2D eigenvalue weighted by molar-refractivity contribution is 0.0692. The number of aromatic carboxylic acids is 1. The third-order valence-corrected chi connectivity index (χ3v) is 2.33. The predicted octanol–water partition coefficient (Wildman–Crippen LogP) is 3.36. The van der Waals surface area contributed by atoms with Gasteiger partial charge in [0.2, 0.25) is 5.88 Å². The van der Waals surface area contributed by atoms with Gasteiger partial charge in [0.25, 0.3) is 0 Å². The summed E-state index contributed by atoms with van der Waals surface area (Å²) in [5.74, 6) is -1.87. The van der Waals surface area contributed by atoms with Crippen LogP contribution in [-0.4, -0.2) is 16.1 Å². The number of carboxylic acid groups (broad SMARTS) is 1. The fourth-order valence-electron chi connectivity index (χ4n) is 1.28. The SMILES string of the molecule is O=C(O)c1cc(F)cnc1Oc1ccc(Cl)cc1. The van der Waals surface area contributed by atoms with Crippen molar-refractivity contribution in [3.63, 3.8) is 0 Å². The number of pyridine rings is 1. The lowest BCUT2D eigenvalue weighted by Gasteiger charge is -2.07. The highest BCUT2D eigenvalue weighted by molar-refractivity contribution is 6.30. The Balaban J connectivity index is 2.34. The number of ether oxygens (including phenoxy) is 1. The number of hydrogen-bond donors (Lipinski definition) is 1. The van der Waals surface area contributed by atoms with Crippen LogP contribution in [0.4, 0.5) is 4.39 Å². The molecule has 0 bridgehead atoms. The minimum Gasteiger partial charge on any atom is -0.477 e. The zero-order valence-electron chi connectivity index (χ0n) is 8.93. The van der Waals surface area contributed by atoms with Crippen LogP contribution in [0, 0.1) is 5.82 Å². The molecule has 1 N–H and O–H groups in total. The van der Waals surface area contributed by atoms with E-state index in [1.54, 1.807) is 24.3 Å². The molecular weight excluding hydrogens is 261 g/mol. The van der Waals surface area contributed by atoms with Crippen molar-refractivity contribution in [2.24, 2.45) is 0 Å². The van der Waals surface area contributed by atoms with Gasteiger partial charge in [0.1, 0.15) is 17.1 Å². The van der Waals surface area contributed by atoms with E-state index in [4.69, 9.17) is 21.4 Å². The van der Waals surface area contributed by atoms with E-state index in [1.807, 2.05) is 0 Å². The summed E-state index contributed by atoms with van der Waals surface area (Å²) < 4.78 is 18.2. The lowest BCUT2D eigenvalue weighted by Crippen LogP contribution is -2.02. The van der Waals surface area contributed by atoms with Crippen molar-refractivity contribution in [1.29, 1.82) is 0 Å². The largest absolute Gasteiger partial charge is 0.477 e. The van der Waals surface area contributed by atoms with Crippen LogP contribution in [0.2, 0.25) is 5.02 Å². The van der Waals surface area contributed by atoms with Crippen LogP contribution in [0.3, 0.4) is 0 Å². The Hall–Kier alpha value is -2.14. The van der Waals surface area contributed by atoms with Crippen molar-refractivity contribution >= 4 is 17.6 Å². The highest BCUT2D eigenvalue weighted by Crippen LogP contribution is 2.24. The number of rotatable bonds is 3. The van der Waals surface area contributed by atoms with Crippen LogP contribution >= 0.6 is 11.6 Å². The van der Waals surface area contributed by atoms with Gasteiger partial charge in [-0.15, -0.1) is 0 Å². The van der Waals surface area contributed by atoms with Gasteiger partial charge in [-0.05, 0) is 30.3 Å². The predicted molar refractivity (Wildman–Crippen MR) is 62.7 cm³/mol. The van der Waals surface area contributed by atoms with Gasteiger partial charge < -0.3 is 9.84 Å². The van der Waals surface area contributed by atoms with Crippen molar-refractivity contribution in [3.8, 4) is 11.6 Å². The summed E-state index contributed by atoms with van der Waals surface area (Å²) >= 11 is 5.70. The molecule has 1 aromatic heterocycles. The Morgan fingerprint density at radius 2 is 2.00 bits per heavy atom. The van der Waals surface area contributed by atoms with Gasteiger partial charge in [-0.1, -0.05) is 11.6 Å². The standard InChI is InChI=1S/C12H7ClFNO3/c13-7-1-3-9(4-2-7)18-11-10(12(16)17)5-8(14)6-15-11/h1-6H,(H,16,17). The van der Waals surface area contributed by atoms with E-state index >= 15 is 0 Å². The lowest BCUT2D eigenvalue weighted by atomic mass is 10.2. The number of nitrogens with zero attached hydrogens (tertiary/aromatic N) is 1. The van der Waals surface area contributed by atoms with E-state index in [1.165, 1.54) is 0 Å². The summed E-state index contributed by atoms with van der Waals surface area (Å²) in [7, 11) is 0. The molecule has 18 heavy (non-hydrogen) atoms. The van der Waals surface area contributed by atoms with Gasteiger partial charge in [0.05, 0.1) is 6.20 Å². The molecule has 2 aromatic rings. The maximum absolute atomic E-state index is 12.9. The van der Waals surface area contributed by atoms with E-state index in [2.05, 4.69) is 4.98 Å². The molecule has 0 spiro atoms. The maximum atomic E-state index is 12.9. The van der Waals surface area contributed by atoms with E-state index in [0.717, 1.165) is 12.3 Å². The molecule has 0 unspecified atom stereocenters. The zero-order chi connectivity index (χ0) is 13.1. The molecule has 0 aliphatic rings. The summed E-state index contributed by atoms with van der Waals surface area (Å²) in [5.41, 5.74) is -0.343. The normalized spacial score (nSPS) is 10.1. The van der Waals surface area contributed by atoms with Crippen molar-refractivity contribution in [3.05, 3.63) is 52.9 Å². The van der Waals surface area contributed by atoms with Crippen LogP contribution in [0.15, 0.2) is 36.5 Å². The first-order valence-corrected chi connectivity index (χ1v) is 5.26. The summed E-state index contributed by atoms with van der Waals surface area (Å²) in [6, 6.07) is 7.13. The molecule has 0 fully saturated rings. The number of halogens is 2. The summed E-state index contributed by atoms with van der Waals surface area (Å²) in [4.78, 5) is 14.5. The average Bonchev–Trinajstić information content (AvgIpc) is 2.34. The molecule has 4 nitrogen and oxygen atoms in total. The fourth-order valence-corrected chi connectivity index (χ4v) is 1.40. The topological polar surface area (TPSA) is 59.4 Å². The fraction of sp³-hybridized carbons (Fsp3) is 0. The van der Waals surface area contributed by atoms with Crippen molar-refractivity contribution < 1.29 is 19.0 Å². The first-order valence-electron chi connectivity index (χ1n) is 4.88. The van der Waals surface area contributed by atoms with Crippen LogP contribution in [0.25, 0.3) is 0 Å². The minimum atomic E-state index is -1.31. The smallest absolute Gasteiger partial charge is 0.341 e. The third-order valence-electron chi connectivity index (χ3n) is 2.08. The number of carboxylic acids is 1. The second-order valence-corrected chi connectivity index (χ2v) is 3.80. The molecule has 0 atom stereocenters. The molecule has 0 saturated heterocycles. The number of benzene rings is 1. The second kappa shape index (κ2) is 5.01. The van der Waals surface area contributed by atoms with Gasteiger partial charge in [-0.3, -0.25) is 0 Å². The van der Waals surface area contributed by atoms with E-state index in [-0.39, 0.29) is 11.4 Å². The van der Waals surface area contributed by atoms with Crippen molar-refractivity contribution in [2.45, 2.75) is 0 Å². The average molecular weight is 268 g/mol. The number of aromatic nitrogens is 1. The minimum absolute atomic E-state index is 0.175. The van der Waals surface area contributed by atoms with Crippen LogP contribution in [-0.2, 0) is 0 Å². The Labute approximate surface area is 107 Å². The highest BCUT2D eigenvalue weighted by Gasteiger charge is 2.14. The molecule has 6 heteroatoms. The van der Waals surface area contributed by atoms with Gasteiger partial charge in [-0.2, -0.15) is 0 Å². The Bertz CT molecular complexity index is 586. The van der Waals surface area contributed by atoms with Gasteiger partial charge in [-0.25, -0.2) is 14.2 Å². The second-order valence-electron chi connectivity index (χ2n) is 3.37. The van der Waals surface area contributed by atoms with Gasteiger partial charge >= 0.3 is 5.97 Å². The van der Waals surface area contributed by atoms with Crippen molar-refractivity contribution in [2.75, 3.05) is 0 Å². The van der Waals surface area contributed by atoms with E-state index in [0.29, 0.717) is 10.8 Å². The molecule has 0 amide bonds. The highest BCUT2D eigenvalue weighted by atomic mass is 35.5. The summed E-state index contributed by atoms with van der Waals surface area (Å²) in [5, 5.41) is 9.43. The van der Waals surface area contributed by atoms with Gasteiger partial charge in [0, 0.05) is 5.02 Å². The Morgan fingerprint density at radius 1 is 1.33 bits per heavy atom. The van der Waals surface area contributed by atoms with E-state index < -0.39 is 11.8 Å². The number of carbonyl (C=O) groups is 1. The maximum Gasteiger partial charge on any atom is 0.341 e. The number of hydrogen-bond acceptors (Lipinski definition) is 3. The van der Waals surface area contributed by atoms with Gasteiger partial charge in [0.15, 0.2) is 0 Å². The van der Waals surface area contributed by atoms with Crippen LogP contribution < -0.4 is 4.74 Å². The molecule has 1 aromatic carbocycles. The Kier molecular flexibility index (Phi) is 3.43. The first-order chi connectivity index (χ1) is 8.56. The molecule has 1 heterocycles. The summed E-state index contributed by atoms with van der Waals surface area (Å²) in [6.45, 7) is 0. The molecule has 0 aliphatic heterocycles. The van der Waals surface area contributed by atoms with E-state index in [9.17, 15) is 9.18 Å². The quantitative estimate of drug-likeness (QED) is 0.926.